The largest absolute Gasteiger partial charge is 0.334 e. The average molecular weight is 342 g/mol. The summed E-state index contributed by atoms with van der Waals surface area (Å²) in [5.74, 6) is -0.300. The fourth-order valence-corrected chi connectivity index (χ4v) is 3.15. The van der Waals surface area contributed by atoms with Crippen LogP contribution < -0.4 is 10.6 Å². The predicted molar refractivity (Wildman–Crippen MR) is 98.1 cm³/mol. The Morgan fingerprint density at radius 2 is 1.79 bits per heavy atom. The fraction of sp³-hybridized carbons (Fsp3) is 0.263. The lowest BCUT2D eigenvalue weighted by Crippen LogP contribution is -2.42. The maximum absolute atomic E-state index is 12.2. The van der Waals surface area contributed by atoms with Crippen molar-refractivity contribution >= 4 is 23.7 Å². The number of rotatable bonds is 5. The molecule has 0 heterocycles. The highest BCUT2D eigenvalue weighted by Crippen LogP contribution is 2.27. The van der Waals surface area contributed by atoms with E-state index in [9.17, 15) is 9.59 Å². The highest BCUT2D eigenvalue weighted by molar-refractivity contribution is 8.00. The Balaban J connectivity index is 1.83. The summed E-state index contributed by atoms with van der Waals surface area (Å²) in [7, 11) is 0. The van der Waals surface area contributed by atoms with E-state index in [0.29, 0.717) is 6.54 Å². The van der Waals surface area contributed by atoms with Gasteiger partial charge in [-0.2, -0.15) is 0 Å². The monoisotopic (exact) mass is 342 g/mol. The third-order valence-electron chi connectivity index (χ3n) is 3.54. The van der Waals surface area contributed by atoms with E-state index in [0.717, 1.165) is 16.0 Å². The second-order valence-corrected chi connectivity index (χ2v) is 7.07. The number of carbonyl (C=O) groups excluding carboxylic acids is 2. The van der Waals surface area contributed by atoms with Crippen molar-refractivity contribution in [3.05, 3.63) is 65.2 Å². The molecule has 0 aliphatic carbocycles. The minimum absolute atomic E-state index is 0.300. The van der Waals surface area contributed by atoms with Gasteiger partial charge in [0, 0.05) is 11.4 Å². The molecule has 0 fully saturated rings. The molecule has 0 aliphatic heterocycles. The highest BCUT2D eigenvalue weighted by atomic mass is 32.2. The summed E-state index contributed by atoms with van der Waals surface area (Å²) in [5, 5.41) is 4.73. The molecule has 3 amide bonds. The van der Waals surface area contributed by atoms with Crippen LogP contribution in [0.1, 0.15) is 23.6 Å². The van der Waals surface area contributed by atoms with Crippen molar-refractivity contribution in [1.82, 2.24) is 10.6 Å². The van der Waals surface area contributed by atoms with Gasteiger partial charge in [-0.25, -0.2) is 4.79 Å². The smallest absolute Gasteiger partial charge is 0.321 e. The number of imide groups is 1. The Hall–Kier alpha value is -2.27. The van der Waals surface area contributed by atoms with Gasteiger partial charge in [0.15, 0.2) is 0 Å². The molecule has 0 saturated carbocycles. The minimum Gasteiger partial charge on any atom is -0.334 e. The molecule has 0 bridgehead atoms. The van der Waals surface area contributed by atoms with E-state index < -0.39 is 6.03 Å². The SMILES string of the molecule is Cc1ccc(S[C@@H](C)C(=O)NC(=O)NCc2ccccc2)c(C)c1. The zero-order chi connectivity index (χ0) is 17.5. The lowest BCUT2D eigenvalue weighted by molar-refractivity contribution is -0.119. The van der Waals surface area contributed by atoms with Gasteiger partial charge in [0.2, 0.25) is 5.91 Å². The Morgan fingerprint density at radius 3 is 2.46 bits per heavy atom. The third kappa shape index (κ3) is 5.42. The number of benzene rings is 2. The number of amides is 3. The van der Waals surface area contributed by atoms with Crippen molar-refractivity contribution in [2.24, 2.45) is 0 Å². The van der Waals surface area contributed by atoms with Crippen LogP contribution in [0.2, 0.25) is 0 Å². The first-order valence-electron chi connectivity index (χ1n) is 7.82. The van der Waals surface area contributed by atoms with Crippen LogP contribution in [-0.4, -0.2) is 17.2 Å². The number of thioether (sulfide) groups is 1. The van der Waals surface area contributed by atoms with Gasteiger partial charge in [-0.1, -0.05) is 48.0 Å². The summed E-state index contributed by atoms with van der Waals surface area (Å²) in [5.41, 5.74) is 3.31. The van der Waals surface area contributed by atoms with Gasteiger partial charge in [-0.05, 0) is 38.0 Å². The van der Waals surface area contributed by atoms with Gasteiger partial charge in [-0.3, -0.25) is 10.1 Å². The summed E-state index contributed by atoms with van der Waals surface area (Å²) in [6.45, 7) is 6.24. The van der Waals surface area contributed by atoms with Crippen LogP contribution in [0.3, 0.4) is 0 Å². The number of urea groups is 1. The summed E-state index contributed by atoms with van der Waals surface area (Å²) < 4.78 is 0. The van der Waals surface area contributed by atoms with Gasteiger partial charge in [0.05, 0.1) is 5.25 Å². The molecular weight excluding hydrogens is 320 g/mol. The van der Waals surface area contributed by atoms with E-state index >= 15 is 0 Å². The third-order valence-corrected chi connectivity index (χ3v) is 4.82. The molecule has 0 spiro atoms. The Kier molecular flexibility index (Phi) is 6.44. The van der Waals surface area contributed by atoms with E-state index in [1.165, 1.54) is 17.3 Å². The number of aryl methyl sites for hydroxylation is 2. The van der Waals surface area contributed by atoms with Gasteiger partial charge in [0.1, 0.15) is 0 Å². The van der Waals surface area contributed by atoms with Crippen molar-refractivity contribution in [3.8, 4) is 0 Å². The molecule has 2 aromatic carbocycles. The molecule has 0 unspecified atom stereocenters. The molecule has 2 rings (SSSR count). The average Bonchev–Trinajstić information content (AvgIpc) is 2.56. The first-order valence-corrected chi connectivity index (χ1v) is 8.70. The summed E-state index contributed by atoms with van der Waals surface area (Å²) >= 11 is 1.45. The molecule has 0 aliphatic rings. The Labute approximate surface area is 147 Å². The van der Waals surface area contributed by atoms with Crippen molar-refractivity contribution in [1.29, 1.82) is 0 Å². The van der Waals surface area contributed by atoms with Crippen LogP contribution in [0.4, 0.5) is 4.79 Å². The maximum Gasteiger partial charge on any atom is 0.321 e. The first-order chi connectivity index (χ1) is 11.5. The van der Waals surface area contributed by atoms with E-state index in [1.54, 1.807) is 6.92 Å². The first kappa shape index (κ1) is 18.1. The topological polar surface area (TPSA) is 58.2 Å². The number of hydrogen-bond donors (Lipinski definition) is 2. The molecule has 0 saturated heterocycles. The Morgan fingerprint density at radius 1 is 1.08 bits per heavy atom. The number of hydrogen-bond acceptors (Lipinski definition) is 3. The van der Waals surface area contributed by atoms with Crippen molar-refractivity contribution < 1.29 is 9.59 Å². The normalized spacial score (nSPS) is 11.6. The van der Waals surface area contributed by atoms with Gasteiger partial charge < -0.3 is 5.32 Å². The van der Waals surface area contributed by atoms with Crippen LogP contribution in [0, 0.1) is 13.8 Å². The highest BCUT2D eigenvalue weighted by Gasteiger charge is 2.17. The van der Waals surface area contributed by atoms with Crippen molar-refractivity contribution in [2.75, 3.05) is 0 Å². The molecule has 0 aromatic heterocycles. The molecule has 126 valence electrons. The molecular formula is C19H22N2O2S. The van der Waals surface area contributed by atoms with Crippen LogP contribution in [0.5, 0.6) is 0 Å². The molecule has 2 aromatic rings. The van der Waals surface area contributed by atoms with E-state index in [-0.39, 0.29) is 11.2 Å². The summed E-state index contributed by atoms with van der Waals surface area (Å²) in [6, 6.07) is 15.2. The van der Waals surface area contributed by atoms with Crippen LogP contribution in [-0.2, 0) is 11.3 Å². The maximum atomic E-state index is 12.2. The van der Waals surface area contributed by atoms with Gasteiger partial charge in [0.25, 0.3) is 0 Å². The zero-order valence-corrected chi connectivity index (χ0v) is 14.9. The molecule has 0 radical (unpaired) electrons. The lowest BCUT2D eigenvalue weighted by Gasteiger charge is -2.13. The molecule has 4 nitrogen and oxygen atoms in total. The molecule has 24 heavy (non-hydrogen) atoms. The van der Waals surface area contributed by atoms with Crippen LogP contribution in [0.15, 0.2) is 53.4 Å². The fourth-order valence-electron chi connectivity index (χ4n) is 2.21. The standard InChI is InChI=1S/C19H22N2O2S/c1-13-9-10-17(14(2)11-13)24-15(3)18(22)21-19(23)20-12-16-7-5-4-6-8-16/h4-11,15H,12H2,1-3H3,(H2,20,21,22,23)/t15-/m0/s1. The second kappa shape index (κ2) is 8.55. The van der Waals surface area contributed by atoms with Crippen molar-refractivity contribution in [2.45, 2.75) is 37.5 Å². The number of carbonyl (C=O) groups is 2. The van der Waals surface area contributed by atoms with Crippen molar-refractivity contribution in [3.63, 3.8) is 0 Å². The van der Waals surface area contributed by atoms with E-state index in [2.05, 4.69) is 16.7 Å². The minimum atomic E-state index is -0.475. The predicted octanol–water partition coefficient (Wildman–Crippen LogP) is 3.81. The van der Waals surface area contributed by atoms with Gasteiger partial charge >= 0.3 is 6.03 Å². The summed E-state index contributed by atoms with van der Waals surface area (Å²) in [6.07, 6.45) is 0. The molecule has 5 heteroatoms. The van der Waals surface area contributed by atoms with Crippen LogP contribution >= 0.6 is 11.8 Å². The zero-order valence-electron chi connectivity index (χ0n) is 14.1. The Bertz CT molecular complexity index is 717. The van der Waals surface area contributed by atoms with Gasteiger partial charge in [-0.15, -0.1) is 11.8 Å². The molecule has 1 atom stereocenters. The second-order valence-electron chi connectivity index (χ2n) is 5.69. The van der Waals surface area contributed by atoms with E-state index in [4.69, 9.17) is 0 Å². The summed E-state index contributed by atoms with van der Waals surface area (Å²) in [4.78, 5) is 25.0. The lowest BCUT2D eigenvalue weighted by atomic mass is 10.2. The quantitative estimate of drug-likeness (QED) is 0.812. The number of nitrogens with one attached hydrogen (secondary N) is 2. The van der Waals surface area contributed by atoms with Crippen LogP contribution in [0.25, 0.3) is 0 Å². The molecule has 2 N–H and O–H groups in total. The van der Waals surface area contributed by atoms with E-state index in [1.807, 2.05) is 56.3 Å².